The van der Waals surface area contributed by atoms with Crippen molar-refractivity contribution in [3.63, 3.8) is 0 Å². The molecule has 1 atom stereocenters. The van der Waals surface area contributed by atoms with Crippen LogP contribution in [0.2, 0.25) is 0 Å². The van der Waals surface area contributed by atoms with E-state index in [0.29, 0.717) is 17.7 Å². The van der Waals surface area contributed by atoms with Gasteiger partial charge in [-0.15, -0.1) is 0 Å². The summed E-state index contributed by atoms with van der Waals surface area (Å²) in [5.41, 5.74) is 2.04. The van der Waals surface area contributed by atoms with Crippen molar-refractivity contribution in [3.05, 3.63) is 95.3 Å². The van der Waals surface area contributed by atoms with Gasteiger partial charge in [-0.25, -0.2) is 12.8 Å². The van der Waals surface area contributed by atoms with E-state index in [4.69, 9.17) is 0 Å². The van der Waals surface area contributed by atoms with Crippen molar-refractivity contribution >= 4 is 27.5 Å². The zero-order chi connectivity index (χ0) is 29.7. The van der Waals surface area contributed by atoms with Crippen LogP contribution in [0.15, 0.2) is 77.7 Å². The third-order valence-corrected chi connectivity index (χ3v) is 8.38. The number of hydrogen-bond donors (Lipinski definition) is 1. The van der Waals surface area contributed by atoms with E-state index in [1.807, 2.05) is 40.7 Å². The highest BCUT2D eigenvalue weighted by Crippen LogP contribution is 2.29. The number of carbonyl (C=O) groups is 2. The lowest BCUT2D eigenvalue weighted by atomic mass is 10.1. The van der Waals surface area contributed by atoms with Gasteiger partial charge in [0.05, 0.1) is 10.6 Å². The summed E-state index contributed by atoms with van der Waals surface area (Å²) < 4.78 is 42.6. The number of nitrogens with zero attached hydrogens (tertiary/aromatic N) is 2. The Bertz CT molecular complexity index is 1440. The van der Waals surface area contributed by atoms with Crippen LogP contribution < -0.4 is 9.62 Å². The average Bonchev–Trinajstić information content (AvgIpc) is 2.89. The number of hydrogen-bond acceptors (Lipinski definition) is 4. The van der Waals surface area contributed by atoms with E-state index in [1.54, 1.807) is 49.4 Å². The first-order valence-corrected chi connectivity index (χ1v) is 14.7. The van der Waals surface area contributed by atoms with Gasteiger partial charge >= 0.3 is 0 Å². The molecular weight excluding hydrogens is 529 g/mol. The molecule has 214 valence electrons. The van der Waals surface area contributed by atoms with Crippen LogP contribution in [0, 0.1) is 19.7 Å². The van der Waals surface area contributed by atoms with E-state index >= 15 is 0 Å². The van der Waals surface area contributed by atoms with Crippen molar-refractivity contribution < 1.29 is 22.4 Å². The average molecular weight is 568 g/mol. The van der Waals surface area contributed by atoms with Gasteiger partial charge in [-0.05, 0) is 88.1 Å². The van der Waals surface area contributed by atoms with Crippen molar-refractivity contribution in [2.45, 2.75) is 71.0 Å². The fourth-order valence-electron chi connectivity index (χ4n) is 4.40. The number of carbonyl (C=O) groups excluding carboxylic acids is 2. The summed E-state index contributed by atoms with van der Waals surface area (Å²) in [5.74, 6) is -1.33. The van der Waals surface area contributed by atoms with Crippen molar-refractivity contribution in [1.29, 1.82) is 0 Å². The number of nitrogens with one attached hydrogen (secondary N) is 1. The van der Waals surface area contributed by atoms with Gasteiger partial charge in [-0.3, -0.25) is 13.9 Å². The molecule has 2 amide bonds. The molecule has 0 aliphatic rings. The van der Waals surface area contributed by atoms with Gasteiger partial charge in [0.1, 0.15) is 18.4 Å². The standard InChI is InChI=1S/C31H38FN3O4S/c1-7-27(30(37)33-31(4,5)6)34(20-24-16-18-25(32)19-17-24)29(36)21-35(28-15-11-12-22(2)23(28)3)40(38,39)26-13-9-8-10-14-26/h8-19,27H,7,20-21H2,1-6H3,(H,33,37)/t27-/m0/s1. The number of sulfonamides is 1. The van der Waals surface area contributed by atoms with Gasteiger partial charge in [-0.2, -0.15) is 0 Å². The van der Waals surface area contributed by atoms with Gasteiger partial charge in [0.2, 0.25) is 11.8 Å². The maximum Gasteiger partial charge on any atom is 0.264 e. The van der Waals surface area contributed by atoms with Gasteiger partial charge in [-0.1, -0.05) is 49.4 Å². The topological polar surface area (TPSA) is 86.8 Å². The Labute approximate surface area is 237 Å². The highest BCUT2D eigenvalue weighted by atomic mass is 32.2. The van der Waals surface area contributed by atoms with Gasteiger partial charge < -0.3 is 10.2 Å². The van der Waals surface area contributed by atoms with E-state index in [1.165, 1.54) is 29.2 Å². The molecule has 0 aliphatic heterocycles. The molecule has 3 rings (SSSR count). The Morgan fingerprint density at radius 3 is 2.12 bits per heavy atom. The summed E-state index contributed by atoms with van der Waals surface area (Å²) in [6, 6.07) is 18.0. The van der Waals surface area contributed by atoms with Crippen molar-refractivity contribution in [2.24, 2.45) is 0 Å². The summed E-state index contributed by atoms with van der Waals surface area (Å²) in [6.07, 6.45) is 0.295. The van der Waals surface area contributed by atoms with Crippen LogP contribution in [0.1, 0.15) is 50.8 Å². The van der Waals surface area contributed by atoms with Crippen LogP contribution in [0.4, 0.5) is 10.1 Å². The number of amides is 2. The van der Waals surface area contributed by atoms with Gasteiger partial charge in [0.15, 0.2) is 0 Å². The van der Waals surface area contributed by atoms with Crippen LogP contribution in [-0.2, 0) is 26.2 Å². The summed E-state index contributed by atoms with van der Waals surface area (Å²) in [4.78, 5) is 28.9. The van der Waals surface area contributed by atoms with Crippen LogP contribution in [0.25, 0.3) is 0 Å². The third kappa shape index (κ3) is 7.47. The third-order valence-electron chi connectivity index (χ3n) is 6.61. The Balaban J connectivity index is 2.10. The predicted molar refractivity (Wildman–Crippen MR) is 156 cm³/mol. The molecule has 0 saturated heterocycles. The predicted octanol–water partition coefficient (Wildman–Crippen LogP) is 5.36. The lowest BCUT2D eigenvalue weighted by Crippen LogP contribution is -2.55. The number of aryl methyl sites for hydroxylation is 1. The minimum atomic E-state index is -4.15. The van der Waals surface area contributed by atoms with Crippen LogP contribution in [0.5, 0.6) is 0 Å². The largest absolute Gasteiger partial charge is 0.350 e. The molecule has 1 N–H and O–H groups in total. The molecule has 0 spiro atoms. The van der Waals surface area contributed by atoms with Crippen LogP contribution in [0.3, 0.4) is 0 Å². The molecule has 9 heteroatoms. The molecule has 0 aromatic heterocycles. The Morgan fingerprint density at radius 2 is 1.55 bits per heavy atom. The Kier molecular flexibility index (Phi) is 9.73. The molecule has 40 heavy (non-hydrogen) atoms. The lowest BCUT2D eigenvalue weighted by Gasteiger charge is -2.35. The van der Waals surface area contributed by atoms with Gasteiger partial charge in [0, 0.05) is 12.1 Å². The fourth-order valence-corrected chi connectivity index (χ4v) is 5.89. The van der Waals surface area contributed by atoms with E-state index in [-0.39, 0.29) is 17.3 Å². The molecule has 3 aromatic carbocycles. The maximum atomic E-state index is 14.1. The first-order chi connectivity index (χ1) is 18.7. The highest BCUT2D eigenvalue weighted by Gasteiger charge is 2.35. The summed E-state index contributed by atoms with van der Waals surface area (Å²) in [5, 5.41) is 2.93. The fraction of sp³-hybridized carbons (Fsp3) is 0.355. The summed E-state index contributed by atoms with van der Waals surface area (Å²) >= 11 is 0. The highest BCUT2D eigenvalue weighted by molar-refractivity contribution is 7.92. The quantitative estimate of drug-likeness (QED) is 0.357. The molecular formula is C31H38FN3O4S. The van der Waals surface area contributed by atoms with E-state index in [9.17, 15) is 22.4 Å². The molecule has 0 radical (unpaired) electrons. The maximum absolute atomic E-state index is 14.1. The molecule has 0 unspecified atom stereocenters. The molecule has 0 bridgehead atoms. The van der Waals surface area contributed by atoms with E-state index < -0.39 is 39.9 Å². The number of rotatable bonds is 10. The first kappa shape index (κ1) is 30.8. The Hall–Kier alpha value is -3.72. The first-order valence-electron chi connectivity index (χ1n) is 13.2. The summed E-state index contributed by atoms with van der Waals surface area (Å²) in [7, 11) is -4.15. The van der Waals surface area contributed by atoms with E-state index in [0.717, 1.165) is 15.4 Å². The van der Waals surface area contributed by atoms with Crippen molar-refractivity contribution in [3.8, 4) is 0 Å². The van der Waals surface area contributed by atoms with E-state index in [2.05, 4.69) is 5.32 Å². The van der Waals surface area contributed by atoms with Crippen molar-refractivity contribution in [2.75, 3.05) is 10.8 Å². The molecule has 0 heterocycles. The zero-order valence-corrected chi connectivity index (χ0v) is 24.8. The number of halogens is 1. The second-order valence-corrected chi connectivity index (χ2v) is 12.7. The van der Waals surface area contributed by atoms with Crippen LogP contribution >= 0.6 is 0 Å². The minimum Gasteiger partial charge on any atom is -0.350 e. The minimum absolute atomic E-state index is 0.00120. The lowest BCUT2D eigenvalue weighted by molar-refractivity contribution is -0.141. The van der Waals surface area contributed by atoms with Crippen LogP contribution in [-0.4, -0.2) is 43.3 Å². The second kappa shape index (κ2) is 12.6. The Morgan fingerprint density at radius 1 is 0.925 bits per heavy atom. The number of benzene rings is 3. The monoisotopic (exact) mass is 567 g/mol. The van der Waals surface area contributed by atoms with Gasteiger partial charge in [0.25, 0.3) is 10.0 Å². The molecule has 3 aromatic rings. The molecule has 0 fully saturated rings. The second-order valence-electron chi connectivity index (χ2n) is 10.9. The zero-order valence-electron chi connectivity index (χ0n) is 23.9. The number of anilines is 1. The molecule has 0 aliphatic carbocycles. The van der Waals surface area contributed by atoms with Crippen molar-refractivity contribution in [1.82, 2.24) is 10.2 Å². The normalized spacial score (nSPS) is 12.5. The molecule has 0 saturated carbocycles. The summed E-state index contributed by atoms with van der Waals surface area (Å²) in [6.45, 7) is 10.5. The smallest absolute Gasteiger partial charge is 0.264 e. The SMILES string of the molecule is CC[C@@H](C(=O)NC(C)(C)C)N(Cc1ccc(F)cc1)C(=O)CN(c1cccc(C)c1C)S(=O)(=O)c1ccccc1. The molecule has 7 nitrogen and oxygen atoms in total.